The fourth-order valence-corrected chi connectivity index (χ4v) is 2.76. The Hall–Kier alpha value is -0.390. The fraction of sp³-hybridized carbons (Fsp3) is 0.500. The van der Waals surface area contributed by atoms with Crippen molar-refractivity contribution in [3.63, 3.8) is 0 Å². The maximum Gasteiger partial charge on any atom is 0.236 e. The number of hydrogen-bond donors (Lipinski definition) is 1. The number of hydrazine groups is 1. The minimum atomic E-state index is 0.00219. The van der Waals surface area contributed by atoms with Crippen LogP contribution in [-0.2, 0) is 11.2 Å². The summed E-state index contributed by atoms with van der Waals surface area (Å²) in [5.74, 6) is 5.31. The Morgan fingerprint density at radius 3 is 2.80 bits per heavy atom. The molecule has 0 bridgehead atoms. The number of carbonyl (C=O) groups excluding carboxylic acids is 1. The summed E-state index contributed by atoms with van der Waals surface area (Å²) in [6.07, 6.45) is 3.51. The summed E-state index contributed by atoms with van der Waals surface area (Å²) in [6, 6.07) is 4.17. The summed E-state index contributed by atoms with van der Waals surface area (Å²) in [5.41, 5.74) is 0. The van der Waals surface area contributed by atoms with Gasteiger partial charge in [-0.05, 0) is 47.3 Å². The molecular formula is C10H15BrN2OS. The highest BCUT2D eigenvalue weighted by Gasteiger charge is 2.04. The molecule has 15 heavy (non-hydrogen) atoms. The van der Waals surface area contributed by atoms with E-state index in [9.17, 15) is 4.79 Å². The van der Waals surface area contributed by atoms with Crippen molar-refractivity contribution < 1.29 is 4.79 Å². The minimum absolute atomic E-state index is 0.00219. The number of unbranched alkanes of at least 4 members (excludes halogenated alkanes) is 1. The molecule has 0 aliphatic carbocycles. The molecular weight excluding hydrogens is 276 g/mol. The molecule has 0 atom stereocenters. The van der Waals surface area contributed by atoms with Crippen LogP contribution in [0.15, 0.2) is 15.9 Å². The van der Waals surface area contributed by atoms with Crippen LogP contribution in [0.1, 0.15) is 24.1 Å². The second kappa shape index (κ2) is 6.25. The summed E-state index contributed by atoms with van der Waals surface area (Å²) < 4.78 is 1.16. The number of aryl methyl sites for hydroxylation is 1. The summed E-state index contributed by atoms with van der Waals surface area (Å²) in [4.78, 5) is 12.5. The van der Waals surface area contributed by atoms with Crippen LogP contribution in [0.5, 0.6) is 0 Å². The summed E-state index contributed by atoms with van der Waals surface area (Å²) in [6.45, 7) is 0. The fourth-order valence-electron chi connectivity index (χ4n) is 1.24. The van der Waals surface area contributed by atoms with Crippen molar-refractivity contribution in [2.45, 2.75) is 25.7 Å². The van der Waals surface area contributed by atoms with Gasteiger partial charge in [0.15, 0.2) is 0 Å². The number of carbonyl (C=O) groups is 1. The highest BCUT2D eigenvalue weighted by Crippen LogP contribution is 2.23. The molecule has 0 unspecified atom stereocenters. The highest BCUT2D eigenvalue weighted by molar-refractivity contribution is 9.11. The van der Waals surface area contributed by atoms with E-state index in [1.807, 2.05) is 0 Å². The van der Waals surface area contributed by atoms with E-state index >= 15 is 0 Å². The number of amides is 1. The van der Waals surface area contributed by atoms with Crippen molar-refractivity contribution >= 4 is 33.2 Å². The molecule has 0 radical (unpaired) electrons. The van der Waals surface area contributed by atoms with Gasteiger partial charge in [0.25, 0.3) is 0 Å². The van der Waals surface area contributed by atoms with Gasteiger partial charge < -0.3 is 0 Å². The normalized spacial score (nSPS) is 10.3. The summed E-state index contributed by atoms with van der Waals surface area (Å²) >= 11 is 5.17. The second-order valence-electron chi connectivity index (χ2n) is 3.42. The van der Waals surface area contributed by atoms with Gasteiger partial charge in [0.2, 0.25) is 5.91 Å². The highest BCUT2D eigenvalue weighted by atomic mass is 79.9. The molecule has 0 aliphatic rings. The number of hydrogen-bond acceptors (Lipinski definition) is 3. The largest absolute Gasteiger partial charge is 0.284 e. The van der Waals surface area contributed by atoms with E-state index in [2.05, 4.69) is 28.1 Å². The van der Waals surface area contributed by atoms with Crippen LogP contribution in [0, 0.1) is 0 Å². The van der Waals surface area contributed by atoms with Crippen LogP contribution < -0.4 is 5.84 Å². The molecule has 0 aromatic carbocycles. The van der Waals surface area contributed by atoms with Crippen molar-refractivity contribution in [2.24, 2.45) is 5.84 Å². The second-order valence-corrected chi connectivity index (χ2v) is 5.97. The molecule has 1 amide bonds. The molecule has 2 N–H and O–H groups in total. The van der Waals surface area contributed by atoms with Gasteiger partial charge in [-0.2, -0.15) is 0 Å². The van der Waals surface area contributed by atoms with Gasteiger partial charge in [-0.1, -0.05) is 0 Å². The van der Waals surface area contributed by atoms with Crippen molar-refractivity contribution in [2.75, 3.05) is 7.05 Å². The molecule has 0 spiro atoms. The first-order valence-electron chi connectivity index (χ1n) is 4.85. The zero-order valence-electron chi connectivity index (χ0n) is 8.70. The predicted molar refractivity (Wildman–Crippen MR) is 66.5 cm³/mol. The average Bonchev–Trinajstić information content (AvgIpc) is 2.58. The van der Waals surface area contributed by atoms with Crippen LogP contribution >= 0.6 is 27.3 Å². The standard InChI is InChI=1S/C10H15BrN2OS/c1-13(12)10(14)5-3-2-4-8-6-7-9(11)15-8/h6-7H,2-5,12H2,1H3. The lowest BCUT2D eigenvalue weighted by Crippen LogP contribution is -2.32. The van der Waals surface area contributed by atoms with E-state index < -0.39 is 0 Å². The van der Waals surface area contributed by atoms with Crippen LogP contribution in [0.3, 0.4) is 0 Å². The molecule has 84 valence electrons. The predicted octanol–water partition coefficient (Wildman–Crippen LogP) is 2.56. The van der Waals surface area contributed by atoms with Crippen molar-refractivity contribution in [3.8, 4) is 0 Å². The lowest BCUT2D eigenvalue weighted by molar-refractivity contribution is -0.130. The minimum Gasteiger partial charge on any atom is -0.284 e. The maximum atomic E-state index is 11.2. The summed E-state index contributed by atoms with van der Waals surface area (Å²) in [5, 5.41) is 1.15. The van der Waals surface area contributed by atoms with Gasteiger partial charge in [0, 0.05) is 18.3 Å². The number of rotatable bonds is 5. The van der Waals surface area contributed by atoms with Gasteiger partial charge in [0.05, 0.1) is 3.79 Å². The first kappa shape index (κ1) is 12.7. The van der Waals surface area contributed by atoms with E-state index in [0.29, 0.717) is 6.42 Å². The molecule has 5 heteroatoms. The number of nitrogens with zero attached hydrogens (tertiary/aromatic N) is 1. The SMILES string of the molecule is CN(N)C(=O)CCCCc1ccc(Br)s1. The van der Waals surface area contributed by atoms with Crippen molar-refractivity contribution in [3.05, 3.63) is 20.8 Å². The molecule has 0 saturated carbocycles. The molecule has 0 saturated heterocycles. The Bertz CT molecular complexity index is 325. The van der Waals surface area contributed by atoms with E-state index in [-0.39, 0.29) is 5.91 Å². The third kappa shape index (κ3) is 4.77. The lowest BCUT2D eigenvalue weighted by Gasteiger charge is -2.08. The van der Waals surface area contributed by atoms with Gasteiger partial charge >= 0.3 is 0 Å². The van der Waals surface area contributed by atoms with E-state index in [0.717, 1.165) is 28.1 Å². The van der Waals surface area contributed by atoms with E-state index in [4.69, 9.17) is 5.84 Å². The Morgan fingerprint density at radius 1 is 1.53 bits per heavy atom. The molecule has 0 fully saturated rings. The van der Waals surface area contributed by atoms with Gasteiger partial charge in [-0.3, -0.25) is 9.80 Å². The smallest absolute Gasteiger partial charge is 0.236 e. The number of nitrogens with two attached hydrogens (primary N) is 1. The molecule has 0 aliphatic heterocycles. The van der Waals surface area contributed by atoms with E-state index in [1.165, 1.54) is 4.88 Å². The molecule has 1 aromatic rings. The van der Waals surface area contributed by atoms with Crippen LogP contribution in [0.4, 0.5) is 0 Å². The zero-order chi connectivity index (χ0) is 11.3. The maximum absolute atomic E-state index is 11.2. The Kier molecular flexibility index (Phi) is 5.28. The molecule has 1 rings (SSSR count). The van der Waals surface area contributed by atoms with Gasteiger partial charge in [-0.25, -0.2) is 5.84 Å². The molecule has 3 nitrogen and oxygen atoms in total. The Balaban J connectivity index is 2.15. The van der Waals surface area contributed by atoms with Gasteiger partial charge in [0.1, 0.15) is 0 Å². The Labute approximate surface area is 102 Å². The quantitative estimate of drug-likeness (QED) is 0.392. The van der Waals surface area contributed by atoms with Crippen LogP contribution in [0.2, 0.25) is 0 Å². The Morgan fingerprint density at radius 2 is 2.27 bits per heavy atom. The van der Waals surface area contributed by atoms with Gasteiger partial charge in [-0.15, -0.1) is 11.3 Å². The van der Waals surface area contributed by atoms with Crippen LogP contribution in [0.25, 0.3) is 0 Å². The topological polar surface area (TPSA) is 46.3 Å². The molecule has 1 heterocycles. The third-order valence-electron chi connectivity index (χ3n) is 2.09. The van der Waals surface area contributed by atoms with E-state index in [1.54, 1.807) is 18.4 Å². The average molecular weight is 291 g/mol. The van der Waals surface area contributed by atoms with Crippen molar-refractivity contribution in [1.82, 2.24) is 5.01 Å². The van der Waals surface area contributed by atoms with Crippen LogP contribution in [-0.4, -0.2) is 18.0 Å². The number of halogens is 1. The summed E-state index contributed by atoms with van der Waals surface area (Å²) in [7, 11) is 1.58. The molecule has 1 aromatic heterocycles. The number of thiophene rings is 1. The monoisotopic (exact) mass is 290 g/mol. The first-order valence-corrected chi connectivity index (χ1v) is 6.46. The van der Waals surface area contributed by atoms with Crippen molar-refractivity contribution in [1.29, 1.82) is 0 Å². The lowest BCUT2D eigenvalue weighted by atomic mass is 10.1. The zero-order valence-corrected chi connectivity index (χ0v) is 11.1. The first-order chi connectivity index (χ1) is 7.09. The third-order valence-corrected chi connectivity index (χ3v) is 3.77.